The third-order valence-electron chi connectivity index (χ3n) is 2.80. The molecule has 0 saturated carbocycles. The van der Waals surface area contributed by atoms with Crippen LogP contribution in [0.1, 0.15) is 31.7 Å². The Morgan fingerprint density at radius 3 is 2.35 bits per heavy atom. The Labute approximate surface area is 117 Å². The fraction of sp³-hybridized carbons (Fsp3) is 0.357. The number of imide groups is 1. The van der Waals surface area contributed by atoms with Crippen molar-refractivity contribution in [2.24, 2.45) is 5.73 Å². The van der Waals surface area contributed by atoms with Crippen molar-refractivity contribution in [3.05, 3.63) is 35.9 Å². The summed E-state index contributed by atoms with van der Waals surface area (Å²) in [5.74, 6) is -1.69. The predicted molar refractivity (Wildman–Crippen MR) is 72.8 cm³/mol. The predicted octanol–water partition coefficient (Wildman–Crippen LogP) is 1.31. The molecule has 1 rings (SSSR count). The summed E-state index contributed by atoms with van der Waals surface area (Å²) in [5, 5.41) is 1.87. The van der Waals surface area contributed by atoms with Gasteiger partial charge in [0.15, 0.2) is 6.10 Å². The van der Waals surface area contributed by atoms with Gasteiger partial charge in [0.25, 0.3) is 5.91 Å². The summed E-state index contributed by atoms with van der Waals surface area (Å²) in [5.41, 5.74) is 5.65. The molecule has 0 saturated heterocycles. The molecule has 3 N–H and O–H groups in total. The molecule has 0 fully saturated rings. The van der Waals surface area contributed by atoms with Crippen LogP contribution < -0.4 is 11.1 Å². The molecule has 0 aromatic heterocycles. The molecule has 0 heterocycles. The zero-order chi connectivity index (χ0) is 15.1. The van der Waals surface area contributed by atoms with Gasteiger partial charge in [-0.25, -0.2) is 4.79 Å². The van der Waals surface area contributed by atoms with Gasteiger partial charge in [0.05, 0.1) is 5.92 Å². The summed E-state index contributed by atoms with van der Waals surface area (Å²) in [4.78, 5) is 34.1. The highest BCUT2D eigenvalue weighted by molar-refractivity contribution is 5.96. The molecule has 20 heavy (non-hydrogen) atoms. The Hall–Kier alpha value is -2.37. The first-order valence-electron chi connectivity index (χ1n) is 6.31. The second-order valence-electron chi connectivity index (χ2n) is 4.30. The molecule has 3 amide bonds. The molecular weight excluding hydrogens is 260 g/mol. The minimum absolute atomic E-state index is 0.444. The Morgan fingerprint density at radius 1 is 1.25 bits per heavy atom. The van der Waals surface area contributed by atoms with Gasteiger partial charge in [-0.05, 0) is 18.9 Å². The summed E-state index contributed by atoms with van der Waals surface area (Å²) in [6.07, 6.45) is -0.528. The van der Waals surface area contributed by atoms with Crippen LogP contribution in [0.5, 0.6) is 0 Å². The van der Waals surface area contributed by atoms with Crippen LogP contribution in [0.3, 0.4) is 0 Å². The minimum Gasteiger partial charge on any atom is -0.452 e. The zero-order valence-corrected chi connectivity index (χ0v) is 11.5. The highest BCUT2D eigenvalue weighted by atomic mass is 16.5. The first-order chi connectivity index (χ1) is 9.45. The zero-order valence-electron chi connectivity index (χ0n) is 11.5. The van der Waals surface area contributed by atoms with Gasteiger partial charge in [0.1, 0.15) is 0 Å². The number of urea groups is 1. The average Bonchev–Trinajstić information content (AvgIpc) is 2.39. The van der Waals surface area contributed by atoms with E-state index in [1.807, 2.05) is 42.6 Å². The van der Waals surface area contributed by atoms with Crippen molar-refractivity contribution in [2.45, 2.75) is 32.3 Å². The van der Waals surface area contributed by atoms with E-state index in [1.165, 1.54) is 6.92 Å². The maximum Gasteiger partial charge on any atom is 0.318 e. The van der Waals surface area contributed by atoms with Crippen LogP contribution in [-0.4, -0.2) is 24.0 Å². The fourth-order valence-corrected chi connectivity index (χ4v) is 1.76. The maximum atomic E-state index is 12.1. The molecule has 0 radical (unpaired) electrons. The molecule has 1 aromatic rings. The van der Waals surface area contributed by atoms with E-state index in [0.717, 1.165) is 5.56 Å². The molecule has 0 spiro atoms. The molecule has 2 atom stereocenters. The van der Waals surface area contributed by atoms with Crippen molar-refractivity contribution >= 4 is 17.9 Å². The van der Waals surface area contributed by atoms with Crippen LogP contribution >= 0.6 is 0 Å². The number of nitrogens with one attached hydrogen (secondary N) is 1. The molecule has 0 aliphatic carbocycles. The molecule has 0 aliphatic heterocycles. The van der Waals surface area contributed by atoms with Gasteiger partial charge in [-0.1, -0.05) is 37.3 Å². The summed E-state index contributed by atoms with van der Waals surface area (Å²) >= 11 is 0. The number of primary amides is 1. The Bertz CT molecular complexity index is 487. The molecule has 0 aliphatic rings. The number of rotatable bonds is 5. The van der Waals surface area contributed by atoms with Crippen LogP contribution in [-0.2, 0) is 14.3 Å². The monoisotopic (exact) mass is 278 g/mol. The normalized spacial score (nSPS) is 13.1. The van der Waals surface area contributed by atoms with Crippen LogP contribution in [0.4, 0.5) is 4.79 Å². The highest BCUT2D eigenvalue weighted by Gasteiger charge is 2.25. The largest absolute Gasteiger partial charge is 0.452 e. The summed E-state index contributed by atoms with van der Waals surface area (Å²) in [6.45, 7) is 3.24. The van der Waals surface area contributed by atoms with Crippen LogP contribution in [0.25, 0.3) is 0 Å². The van der Waals surface area contributed by atoms with E-state index in [0.29, 0.717) is 6.42 Å². The third kappa shape index (κ3) is 4.38. The van der Waals surface area contributed by atoms with E-state index in [1.54, 1.807) is 0 Å². The second-order valence-corrected chi connectivity index (χ2v) is 4.30. The van der Waals surface area contributed by atoms with Crippen LogP contribution in [0.2, 0.25) is 0 Å². The molecule has 6 nitrogen and oxygen atoms in total. The highest BCUT2D eigenvalue weighted by Crippen LogP contribution is 2.21. The minimum atomic E-state index is -1.08. The topological polar surface area (TPSA) is 98.5 Å². The summed E-state index contributed by atoms with van der Waals surface area (Å²) in [7, 11) is 0. The first-order valence-corrected chi connectivity index (χ1v) is 6.31. The molecule has 2 unspecified atom stereocenters. The summed E-state index contributed by atoms with van der Waals surface area (Å²) < 4.78 is 5.06. The number of carbonyl (C=O) groups is 3. The van der Waals surface area contributed by atoms with E-state index in [9.17, 15) is 14.4 Å². The second kappa shape index (κ2) is 7.28. The number of esters is 1. The fourth-order valence-electron chi connectivity index (χ4n) is 1.76. The number of nitrogens with two attached hydrogens (primary N) is 1. The quantitative estimate of drug-likeness (QED) is 0.793. The van der Waals surface area contributed by atoms with Gasteiger partial charge in [-0.3, -0.25) is 14.9 Å². The molecule has 6 heteroatoms. The van der Waals surface area contributed by atoms with Crippen molar-refractivity contribution < 1.29 is 19.1 Å². The van der Waals surface area contributed by atoms with Crippen molar-refractivity contribution in [2.75, 3.05) is 0 Å². The van der Waals surface area contributed by atoms with Crippen molar-refractivity contribution in [3.63, 3.8) is 0 Å². The standard InChI is InChI=1S/C14H18N2O4/c1-3-11(10-7-5-4-6-8-10)13(18)20-9(2)12(17)16-14(15)19/h4-9,11H,3H2,1-2H3,(H3,15,16,17,19). The average molecular weight is 278 g/mol. The van der Waals surface area contributed by atoms with E-state index < -0.39 is 29.9 Å². The first kappa shape index (κ1) is 15.7. The lowest BCUT2D eigenvalue weighted by atomic mass is 9.97. The lowest BCUT2D eigenvalue weighted by molar-refractivity contribution is -0.156. The van der Waals surface area contributed by atoms with Gasteiger partial charge < -0.3 is 10.5 Å². The van der Waals surface area contributed by atoms with Gasteiger partial charge in [-0.15, -0.1) is 0 Å². The molecule has 108 valence electrons. The number of amides is 3. The van der Waals surface area contributed by atoms with Gasteiger partial charge >= 0.3 is 12.0 Å². The van der Waals surface area contributed by atoms with Crippen LogP contribution in [0.15, 0.2) is 30.3 Å². The lowest BCUT2D eigenvalue weighted by Crippen LogP contribution is -2.42. The van der Waals surface area contributed by atoms with Gasteiger partial charge in [-0.2, -0.15) is 0 Å². The van der Waals surface area contributed by atoms with Crippen LogP contribution in [0, 0.1) is 0 Å². The van der Waals surface area contributed by atoms with E-state index in [-0.39, 0.29) is 0 Å². The van der Waals surface area contributed by atoms with Crippen molar-refractivity contribution in [3.8, 4) is 0 Å². The SMILES string of the molecule is CCC(C(=O)OC(C)C(=O)NC(N)=O)c1ccccc1. The number of hydrogen-bond donors (Lipinski definition) is 2. The Kier molecular flexibility index (Phi) is 5.71. The number of carbonyl (C=O) groups excluding carboxylic acids is 3. The van der Waals surface area contributed by atoms with Crippen molar-refractivity contribution in [1.82, 2.24) is 5.32 Å². The lowest BCUT2D eigenvalue weighted by Gasteiger charge is -2.18. The molecule has 0 bridgehead atoms. The van der Waals surface area contributed by atoms with E-state index in [2.05, 4.69) is 0 Å². The molecule has 1 aromatic carbocycles. The van der Waals surface area contributed by atoms with Gasteiger partial charge in [0.2, 0.25) is 0 Å². The number of benzene rings is 1. The smallest absolute Gasteiger partial charge is 0.318 e. The molecular formula is C14H18N2O4. The van der Waals surface area contributed by atoms with E-state index in [4.69, 9.17) is 10.5 Å². The number of ether oxygens (including phenoxy) is 1. The summed E-state index contributed by atoms with van der Waals surface area (Å²) in [6, 6.07) is 8.17. The van der Waals surface area contributed by atoms with E-state index >= 15 is 0 Å². The maximum absolute atomic E-state index is 12.1. The Morgan fingerprint density at radius 2 is 1.85 bits per heavy atom. The third-order valence-corrected chi connectivity index (χ3v) is 2.80. The Balaban J connectivity index is 2.69. The van der Waals surface area contributed by atoms with Crippen molar-refractivity contribution in [1.29, 1.82) is 0 Å². The van der Waals surface area contributed by atoms with Gasteiger partial charge in [0, 0.05) is 0 Å². The number of hydrogen-bond acceptors (Lipinski definition) is 4.